The van der Waals surface area contributed by atoms with E-state index in [1.165, 1.54) is 0 Å². The van der Waals surface area contributed by atoms with Crippen molar-refractivity contribution in [3.8, 4) is 11.8 Å². The number of rotatable bonds is 4. The van der Waals surface area contributed by atoms with Gasteiger partial charge in [-0.15, -0.1) is 0 Å². The summed E-state index contributed by atoms with van der Waals surface area (Å²) in [5.74, 6) is 0.733. The fourth-order valence-electron chi connectivity index (χ4n) is 2.11. The van der Waals surface area contributed by atoms with E-state index in [4.69, 9.17) is 4.74 Å². The Hall–Kier alpha value is -2.14. The highest BCUT2D eigenvalue weighted by Gasteiger charge is 2.13. The summed E-state index contributed by atoms with van der Waals surface area (Å²) in [4.78, 5) is 16.0. The van der Waals surface area contributed by atoms with E-state index in [-0.39, 0.29) is 12.3 Å². The van der Waals surface area contributed by atoms with Gasteiger partial charge in [0.1, 0.15) is 11.5 Å². The third-order valence-electron chi connectivity index (χ3n) is 3.02. The van der Waals surface area contributed by atoms with Gasteiger partial charge in [0.05, 0.1) is 17.6 Å². The number of aromatic nitrogens is 2. The van der Waals surface area contributed by atoms with Crippen molar-refractivity contribution < 1.29 is 9.53 Å². The number of hydrogen-bond donors (Lipinski definition) is 0. The molecular formula is C16H13BrN2O2. The summed E-state index contributed by atoms with van der Waals surface area (Å²) in [6.45, 7) is 1.80. The molecule has 0 radical (unpaired) electrons. The Morgan fingerprint density at radius 1 is 1.19 bits per heavy atom. The quantitative estimate of drug-likeness (QED) is 0.713. The average Bonchev–Trinajstić information content (AvgIpc) is 2.79. The molecule has 2 aromatic carbocycles. The molecule has 5 heteroatoms. The number of nitrogens with zero attached hydrogens (tertiary/aromatic N) is 2. The number of carbonyl (C=O) groups is 1. The van der Waals surface area contributed by atoms with Gasteiger partial charge in [-0.25, -0.2) is 0 Å². The highest BCUT2D eigenvalue weighted by Crippen LogP contribution is 2.26. The van der Waals surface area contributed by atoms with E-state index in [0.717, 1.165) is 15.5 Å². The summed E-state index contributed by atoms with van der Waals surface area (Å²) >= 11 is 3.39. The van der Waals surface area contributed by atoms with E-state index in [1.807, 2.05) is 48.5 Å². The lowest BCUT2D eigenvalue weighted by Crippen LogP contribution is -2.07. The number of ketones is 1. The molecule has 0 atom stereocenters. The smallest absolute Gasteiger partial charge is 0.303 e. The SMILES string of the molecule is CC(=O)Cn1c(Oc2ccc(Br)cc2)nc2ccccc21. The summed E-state index contributed by atoms with van der Waals surface area (Å²) < 4.78 is 8.60. The maximum atomic E-state index is 11.5. The van der Waals surface area contributed by atoms with Crippen LogP contribution in [0.2, 0.25) is 0 Å². The van der Waals surface area contributed by atoms with E-state index in [1.54, 1.807) is 11.5 Å². The van der Waals surface area contributed by atoms with E-state index >= 15 is 0 Å². The fraction of sp³-hybridized carbons (Fsp3) is 0.125. The molecule has 0 N–H and O–H groups in total. The Labute approximate surface area is 130 Å². The first-order valence-corrected chi connectivity index (χ1v) is 7.31. The molecule has 0 spiro atoms. The maximum absolute atomic E-state index is 11.5. The largest absolute Gasteiger partial charge is 0.425 e. The van der Waals surface area contributed by atoms with Crippen molar-refractivity contribution in [1.29, 1.82) is 0 Å². The molecule has 0 aliphatic rings. The highest BCUT2D eigenvalue weighted by atomic mass is 79.9. The topological polar surface area (TPSA) is 44.1 Å². The first-order chi connectivity index (χ1) is 10.1. The van der Waals surface area contributed by atoms with Gasteiger partial charge in [0, 0.05) is 4.47 Å². The van der Waals surface area contributed by atoms with Gasteiger partial charge in [-0.2, -0.15) is 4.98 Å². The minimum absolute atomic E-state index is 0.0545. The van der Waals surface area contributed by atoms with Crippen molar-refractivity contribution in [2.45, 2.75) is 13.5 Å². The second-order valence-electron chi connectivity index (χ2n) is 4.73. The van der Waals surface area contributed by atoms with Crippen LogP contribution in [0.25, 0.3) is 11.0 Å². The molecular weight excluding hydrogens is 332 g/mol. The predicted octanol–water partition coefficient (Wildman–Crippen LogP) is 4.18. The molecule has 0 saturated heterocycles. The molecule has 3 aromatic rings. The number of benzene rings is 2. The number of ether oxygens (including phenoxy) is 1. The lowest BCUT2D eigenvalue weighted by molar-refractivity contribution is -0.117. The number of Topliss-reactive ketones (excluding diaryl/α,β-unsaturated/α-hetero) is 1. The molecule has 1 aromatic heterocycles. The van der Waals surface area contributed by atoms with Crippen LogP contribution in [0.4, 0.5) is 0 Å². The Morgan fingerprint density at radius 2 is 1.90 bits per heavy atom. The molecule has 0 aliphatic heterocycles. The zero-order valence-electron chi connectivity index (χ0n) is 11.4. The Balaban J connectivity index is 2.04. The summed E-state index contributed by atoms with van der Waals surface area (Å²) in [5, 5.41) is 0. The highest BCUT2D eigenvalue weighted by molar-refractivity contribution is 9.10. The van der Waals surface area contributed by atoms with Crippen LogP contribution in [0.3, 0.4) is 0 Å². The summed E-state index contributed by atoms with van der Waals surface area (Å²) in [5.41, 5.74) is 1.70. The molecule has 0 amide bonds. The molecule has 0 aliphatic carbocycles. The van der Waals surface area contributed by atoms with Gasteiger partial charge in [0.25, 0.3) is 0 Å². The first-order valence-electron chi connectivity index (χ1n) is 6.51. The number of carbonyl (C=O) groups excluding carboxylic acids is 1. The van der Waals surface area contributed by atoms with Crippen LogP contribution in [0.15, 0.2) is 53.0 Å². The van der Waals surface area contributed by atoms with E-state index in [0.29, 0.717) is 11.8 Å². The van der Waals surface area contributed by atoms with Crippen molar-refractivity contribution in [2.24, 2.45) is 0 Å². The normalized spacial score (nSPS) is 10.8. The number of hydrogen-bond acceptors (Lipinski definition) is 3. The van der Waals surface area contributed by atoms with E-state index in [2.05, 4.69) is 20.9 Å². The van der Waals surface area contributed by atoms with Crippen molar-refractivity contribution in [2.75, 3.05) is 0 Å². The zero-order chi connectivity index (χ0) is 14.8. The minimum Gasteiger partial charge on any atom is -0.425 e. The molecule has 4 nitrogen and oxygen atoms in total. The standard InChI is InChI=1S/C16H13BrN2O2/c1-11(20)10-19-15-5-3-2-4-14(15)18-16(19)21-13-8-6-12(17)7-9-13/h2-9H,10H2,1H3. The van der Waals surface area contributed by atoms with Crippen LogP contribution in [-0.2, 0) is 11.3 Å². The van der Waals surface area contributed by atoms with Gasteiger partial charge >= 0.3 is 6.01 Å². The van der Waals surface area contributed by atoms with E-state index < -0.39 is 0 Å². The van der Waals surface area contributed by atoms with Gasteiger partial charge in [0.2, 0.25) is 0 Å². The van der Waals surface area contributed by atoms with Gasteiger partial charge in [-0.05, 0) is 43.3 Å². The van der Waals surface area contributed by atoms with Gasteiger partial charge in [-0.3, -0.25) is 9.36 Å². The van der Waals surface area contributed by atoms with Crippen LogP contribution in [0.1, 0.15) is 6.92 Å². The molecule has 0 bridgehead atoms. The third-order valence-corrected chi connectivity index (χ3v) is 3.55. The summed E-state index contributed by atoms with van der Waals surface area (Å²) in [7, 11) is 0. The molecule has 3 rings (SSSR count). The second-order valence-corrected chi connectivity index (χ2v) is 5.64. The average molecular weight is 345 g/mol. The molecule has 106 valence electrons. The lowest BCUT2D eigenvalue weighted by Gasteiger charge is -2.08. The Bertz CT molecular complexity index is 794. The molecule has 1 heterocycles. The Morgan fingerprint density at radius 3 is 2.62 bits per heavy atom. The second kappa shape index (κ2) is 5.69. The Kier molecular flexibility index (Phi) is 3.75. The molecule has 0 saturated carbocycles. The monoisotopic (exact) mass is 344 g/mol. The zero-order valence-corrected chi connectivity index (χ0v) is 13.0. The van der Waals surface area contributed by atoms with Crippen LogP contribution in [0, 0.1) is 0 Å². The van der Waals surface area contributed by atoms with Crippen LogP contribution >= 0.6 is 15.9 Å². The van der Waals surface area contributed by atoms with Gasteiger partial charge in [0.15, 0.2) is 0 Å². The molecule has 21 heavy (non-hydrogen) atoms. The van der Waals surface area contributed by atoms with Crippen LogP contribution in [0.5, 0.6) is 11.8 Å². The fourth-order valence-corrected chi connectivity index (χ4v) is 2.38. The summed E-state index contributed by atoms with van der Waals surface area (Å²) in [6, 6.07) is 15.6. The van der Waals surface area contributed by atoms with Gasteiger partial charge in [-0.1, -0.05) is 28.1 Å². The molecule has 0 unspecified atom stereocenters. The van der Waals surface area contributed by atoms with Crippen LogP contribution in [-0.4, -0.2) is 15.3 Å². The van der Waals surface area contributed by atoms with Crippen molar-refractivity contribution >= 4 is 32.7 Å². The number of fused-ring (bicyclic) bond motifs is 1. The van der Waals surface area contributed by atoms with Crippen molar-refractivity contribution in [3.63, 3.8) is 0 Å². The molecule has 0 fully saturated rings. The van der Waals surface area contributed by atoms with Gasteiger partial charge < -0.3 is 4.74 Å². The maximum Gasteiger partial charge on any atom is 0.303 e. The number of imidazole rings is 1. The van der Waals surface area contributed by atoms with Crippen molar-refractivity contribution in [3.05, 3.63) is 53.0 Å². The predicted molar refractivity (Wildman–Crippen MR) is 84.6 cm³/mol. The van der Waals surface area contributed by atoms with Crippen molar-refractivity contribution in [1.82, 2.24) is 9.55 Å². The number of halogens is 1. The third kappa shape index (κ3) is 2.97. The first kappa shape index (κ1) is 13.8. The number of para-hydroxylation sites is 2. The summed E-state index contributed by atoms with van der Waals surface area (Å²) in [6.07, 6.45) is 0. The van der Waals surface area contributed by atoms with E-state index in [9.17, 15) is 4.79 Å². The minimum atomic E-state index is 0.0545. The lowest BCUT2D eigenvalue weighted by atomic mass is 10.3. The van der Waals surface area contributed by atoms with Crippen LogP contribution < -0.4 is 4.74 Å².